The van der Waals surface area contributed by atoms with E-state index in [4.69, 9.17) is 0 Å². The van der Waals surface area contributed by atoms with Gasteiger partial charge >= 0.3 is 11.9 Å². The van der Waals surface area contributed by atoms with Gasteiger partial charge in [0.05, 0.1) is 10.8 Å². The maximum absolute atomic E-state index is 11.7. The van der Waals surface area contributed by atoms with E-state index >= 15 is 0 Å². The quantitative estimate of drug-likeness (QED) is 0.413. The number of hydrogen-bond acceptors (Lipinski definition) is 2. The minimum Gasteiger partial charge on any atom is -0.481 e. The van der Waals surface area contributed by atoms with Gasteiger partial charge in [-0.25, -0.2) is 0 Å². The number of carbonyl (C=O) groups is 2. The maximum Gasteiger partial charge on any atom is 0.309 e. The number of carboxylic acids is 2. The van der Waals surface area contributed by atoms with Gasteiger partial charge in [0.25, 0.3) is 0 Å². The third-order valence-electron chi connectivity index (χ3n) is 5.53. The van der Waals surface area contributed by atoms with Crippen molar-refractivity contribution >= 4 is 11.9 Å². The molecule has 0 bridgehead atoms. The van der Waals surface area contributed by atoms with E-state index in [1.165, 1.54) is 0 Å². The van der Waals surface area contributed by atoms with Gasteiger partial charge in [-0.15, -0.1) is 0 Å². The zero-order valence-corrected chi connectivity index (χ0v) is 15.5. The summed E-state index contributed by atoms with van der Waals surface area (Å²) in [6.45, 7) is 7.96. The van der Waals surface area contributed by atoms with Gasteiger partial charge in [0.15, 0.2) is 0 Å². The van der Waals surface area contributed by atoms with Crippen molar-refractivity contribution in [3.63, 3.8) is 0 Å². The molecule has 0 saturated heterocycles. The van der Waals surface area contributed by atoms with E-state index in [2.05, 4.69) is 0 Å². The summed E-state index contributed by atoms with van der Waals surface area (Å²) in [4.78, 5) is 23.2. The minimum absolute atomic E-state index is 0.580. The lowest BCUT2D eigenvalue weighted by Crippen LogP contribution is -2.31. The van der Waals surface area contributed by atoms with E-state index in [0.717, 1.165) is 44.9 Å². The van der Waals surface area contributed by atoms with Gasteiger partial charge in [0, 0.05) is 0 Å². The van der Waals surface area contributed by atoms with Crippen molar-refractivity contribution in [1.82, 2.24) is 0 Å². The zero-order valence-electron chi connectivity index (χ0n) is 15.5. The third-order valence-corrected chi connectivity index (χ3v) is 5.53. The molecule has 0 aromatic heterocycles. The molecule has 0 rings (SSSR count). The molecular weight excluding hydrogens is 292 g/mol. The average Bonchev–Trinajstić information content (AvgIpc) is 2.51. The molecular formula is C19H36O4. The highest BCUT2D eigenvalue weighted by atomic mass is 16.4. The first-order valence-corrected chi connectivity index (χ1v) is 9.31. The molecule has 23 heavy (non-hydrogen) atoms. The summed E-state index contributed by atoms with van der Waals surface area (Å²) in [5.74, 6) is -1.36. The molecule has 0 heterocycles. The van der Waals surface area contributed by atoms with Gasteiger partial charge in [0.2, 0.25) is 0 Å². The SMILES string of the molecule is CCCC(CCC)(CCCCCC(CC)(CC)C(=O)O)C(=O)O. The summed E-state index contributed by atoms with van der Waals surface area (Å²) in [6.07, 6.45) is 8.61. The van der Waals surface area contributed by atoms with Gasteiger partial charge in [-0.2, -0.15) is 0 Å². The Morgan fingerprint density at radius 1 is 0.652 bits per heavy atom. The van der Waals surface area contributed by atoms with Crippen LogP contribution >= 0.6 is 0 Å². The van der Waals surface area contributed by atoms with E-state index in [0.29, 0.717) is 25.7 Å². The van der Waals surface area contributed by atoms with Crippen LogP contribution in [-0.2, 0) is 9.59 Å². The summed E-state index contributed by atoms with van der Waals surface area (Å²) in [7, 11) is 0. The maximum atomic E-state index is 11.7. The fourth-order valence-corrected chi connectivity index (χ4v) is 3.77. The number of rotatable bonds is 14. The Morgan fingerprint density at radius 3 is 1.35 bits per heavy atom. The fraction of sp³-hybridized carbons (Fsp3) is 0.895. The average molecular weight is 328 g/mol. The molecule has 0 radical (unpaired) electrons. The molecule has 0 saturated carbocycles. The van der Waals surface area contributed by atoms with Crippen molar-refractivity contribution < 1.29 is 19.8 Å². The number of carboxylic acid groups (broad SMARTS) is 2. The van der Waals surface area contributed by atoms with Crippen LogP contribution < -0.4 is 0 Å². The largest absolute Gasteiger partial charge is 0.481 e. The Bertz CT molecular complexity index is 352. The van der Waals surface area contributed by atoms with Crippen molar-refractivity contribution in [3.8, 4) is 0 Å². The predicted octanol–water partition coefficient (Wildman–Crippen LogP) is 5.50. The van der Waals surface area contributed by atoms with Crippen LogP contribution in [-0.4, -0.2) is 22.2 Å². The Kier molecular flexibility index (Phi) is 10.2. The van der Waals surface area contributed by atoms with Crippen LogP contribution in [0.5, 0.6) is 0 Å². The van der Waals surface area contributed by atoms with Crippen molar-refractivity contribution in [2.75, 3.05) is 0 Å². The second-order valence-corrected chi connectivity index (χ2v) is 6.94. The van der Waals surface area contributed by atoms with Gasteiger partial charge in [-0.1, -0.05) is 59.8 Å². The van der Waals surface area contributed by atoms with E-state index in [1.807, 2.05) is 27.7 Å². The molecule has 0 aliphatic heterocycles. The van der Waals surface area contributed by atoms with Crippen LogP contribution in [0.2, 0.25) is 0 Å². The molecule has 2 N–H and O–H groups in total. The molecule has 0 aromatic rings. The number of hydrogen-bond donors (Lipinski definition) is 2. The minimum atomic E-state index is -0.695. The van der Waals surface area contributed by atoms with Crippen LogP contribution in [0.4, 0.5) is 0 Å². The third kappa shape index (κ3) is 6.15. The molecule has 0 amide bonds. The van der Waals surface area contributed by atoms with Crippen LogP contribution in [0.25, 0.3) is 0 Å². The van der Waals surface area contributed by atoms with Gasteiger partial charge in [-0.3, -0.25) is 9.59 Å². The predicted molar refractivity (Wildman–Crippen MR) is 93.6 cm³/mol. The molecule has 0 spiro atoms. The highest BCUT2D eigenvalue weighted by Crippen LogP contribution is 2.37. The topological polar surface area (TPSA) is 74.6 Å². The molecule has 4 heteroatoms. The van der Waals surface area contributed by atoms with Crippen LogP contribution in [0.3, 0.4) is 0 Å². The fourth-order valence-electron chi connectivity index (χ4n) is 3.77. The van der Waals surface area contributed by atoms with Gasteiger partial charge in [0.1, 0.15) is 0 Å². The smallest absolute Gasteiger partial charge is 0.309 e. The Labute approximate surface area is 141 Å². The van der Waals surface area contributed by atoms with Crippen LogP contribution in [0.1, 0.15) is 98.3 Å². The second kappa shape index (κ2) is 10.7. The van der Waals surface area contributed by atoms with Crippen molar-refractivity contribution in [2.45, 2.75) is 98.3 Å². The molecule has 0 fully saturated rings. The van der Waals surface area contributed by atoms with Crippen LogP contribution in [0, 0.1) is 10.8 Å². The lowest BCUT2D eigenvalue weighted by Gasteiger charge is -2.29. The first-order valence-electron chi connectivity index (χ1n) is 9.31. The normalized spacial score (nSPS) is 12.3. The highest BCUT2D eigenvalue weighted by molar-refractivity contribution is 5.74. The van der Waals surface area contributed by atoms with Gasteiger partial charge < -0.3 is 10.2 Å². The van der Waals surface area contributed by atoms with E-state index in [1.54, 1.807) is 0 Å². The van der Waals surface area contributed by atoms with Gasteiger partial charge in [-0.05, 0) is 38.5 Å². The molecule has 0 aliphatic rings. The molecule has 0 aliphatic carbocycles. The molecule has 0 aromatic carbocycles. The number of unbranched alkanes of at least 4 members (excludes halogenated alkanes) is 2. The first kappa shape index (κ1) is 21.9. The van der Waals surface area contributed by atoms with Crippen molar-refractivity contribution in [3.05, 3.63) is 0 Å². The molecule has 136 valence electrons. The first-order chi connectivity index (χ1) is 10.8. The Balaban J connectivity index is 4.51. The monoisotopic (exact) mass is 328 g/mol. The summed E-state index contributed by atoms with van der Waals surface area (Å²) in [5.41, 5.74) is -1.18. The highest BCUT2D eigenvalue weighted by Gasteiger charge is 2.36. The summed E-state index contributed by atoms with van der Waals surface area (Å²) in [6, 6.07) is 0. The van der Waals surface area contributed by atoms with E-state index < -0.39 is 22.8 Å². The molecule has 4 nitrogen and oxygen atoms in total. The summed E-state index contributed by atoms with van der Waals surface area (Å²) >= 11 is 0. The zero-order chi connectivity index (χ0) is 17.9. The van der Waals surface area contributed by atoms with E-state index in [-0.39, 0.29) is 0 Å². The summed E-state index contributed by atoms with van der Waals surface area (Å²) < 4.78 is 0. The summed E-state index contributed by atoms with van der Waals surface area (Å²) in [5, 5.41) is 19.1. The molecule has 0 atom stereocenters. The lowest BCUT2D eigenvalue weighted by molar-refractivity contribution is -0.151. The Hall–Kier alpha value is -1.06. The Morgan fingerprint density at radius 2 is 1.04 bits per heavy atom. The second-order valence-electron chi connectivity index (χ2n) is 6.94. The lowest BCUT2D eigenvalue weighted by atomic mass is 9.74. The van der Waals surface area contributed by atoms with Crippen LogP contribution in [0.15, 0.2) is 0 Å². The molecule has 0 unspecified atom stereocenters. The van der Waals surface area contributed by atoms with Crippen molar-refractivity contribution in [2.24, 2.45) is 10.8 Å². The van der Waals surface area contributed by atoms with E-state index in [9.17, 15) is 19.8 Å². The standard InChI is InChI=1S/C19H36O4/c1-5-12-19(13-6-2,17(22)23)15-11-9-10-14-18(7-3,8-4)16(20)21/h5-15H2,1-4H3,(H,20,21)(H,22,23). The number of aliphatic carboxylic acids is 2. The van der Waals surface area contributed by atoms with Crippen molar-refractivity contribution in [1.29, 1.82) is 0 Å².